The Morgan fingerprint density at radius 3 is 2.82 bits per heavy atom. The van der Waals surface area contributed by atoms with Gasteiger partial charge in [-0.25, -0.2) is 4.98 Å². The SMILES string of the molecule is NC(=S)CCN(C(=O)c1cnccn1)C1CC1. The van der Waals surface area contributed by atoms with Crippen LogP contribution in [0.4, 0.5) is 0 Å². The molecule has 5 nitrogen and oxygen atoms in total. The van der Waals surface area contributed by atoms with Gasteiger partial charge in [0.2, 0.25) is 0 Å². The molecule has 1 heterocycles. The Bertz CT molecular complexity index is 419. The minimum Gasteiger partial charge on any atom is -0.393 e. The minimum absolute atomic E-state index is 0.0862. The molecular weight excluding hydrogens is 236 g/mol. The van der Waals surface area contributed by atoms with Crippen molar-refractivity contribution in [2.24, 2.45) is 5.73 Å². The molecular formula is C11H14N4OS. The molecule has 6 heteroatoms. The Balaban J connectivity index is 2.05. The van der Waals surface area contributed by atoms with Crippen molar-refractivity contribution in [2.45, 2.75) is 25.3 Å². The number of nitrogens with zero attached hydrogens (tertiary/aromatic N) is 3. The van der Waals surface area contributed by atoms with Gasteiger partial charge in [-0.1, -0.05) is 12.2 Å². The van der Waals surface area contributed by atoms with E-state index >= 15 is 0 Å². The van der Waals surface area contributed by atoms with Gasteiger partial charge in [-0.05, 0) is 12.8 Å². The molecule has 0 spiro atoms. The van der Waals surface area contributed by atoms with Crippen molar-refractivity contribution in [1.29, 1.82) is 0 Å². The number of nitrogens with two attached hydrogens (primary N) is 1. The van der Waals surface area contributed by atoms with E-state index in [4.69, 9.17) is 18.0 Å². The quantitative estimate of drug-likeness (QED) is 0.781. The zero-order chi connectivity index (χ0) is 12.3. The molecule has 1 aromatic heterocycles. The Morgan fingerprint density at radius 2 is 2.29 bits per heavy atom. The Labute approximate surface area is 105 Å². The fourth-order valence-electron chi connectivity index (χ4n) is 1.62. The molecule has 0 atom stereocenters. The molecule has 0 bridgehead atoms. The van der Waals surface area contributed by atoms with Crippen LogP contribution in [0.15, 0.2) is 18.6 Å². The monoisotopic (exact) mass is 250 g/mol. The van der Waals surface area contributed by atoms with Crippen molar-refractivity contribution in [3.05, 3.63) is 24.3 Å². The fourth-order valence-corrected chi connectivity index (χ4v) is 1.71. The van der Waals surface area contributed by atoms with E-state index in [1.54, 1.807) is 11.1 Å². The van der Waals surface area contributed by atoms with Gasteiger partial charge in [-0.2, -0.15) is 0 Å². The van der Waals surface area contributed by atoms with Crippen molar-refractivity contribution < 1.29 is 4.79 Å². The molecule has 1 saturated carbocycles. The highest BCUT2D eigenvalue weighted by Crippen LogP contribution is 2.28. The number of hydrogen-bond donors (Lipinski definition) is 1. The van der Waals surface area contributed by atoms with Gasteiger partial charge in [0.25, 0.3) is 5.91 Å². The lowest BCUT2D eigenvalue weighted by atomic mass is 10.3. The van der Waals surface area contributed by atoms with Crippen molar-refractivity contribution in [3.8, 4) is 0 Å². The van der Waals surface area contributed by atoms with Crippen LogP contribution >= 0.6 is 12.2 Å². The molecule has 0 aliphatic heterocycles. The molecule has 0 aromatic carbocycles. The van der Waals surface area contributed by atoms with E-state index in [1.807, 2.05) is 0 Å². The zero-order valence-corrected chi connectivity index (χ0v) is 10.2. The molecule has 17 heavy (non-hydrogen) atoms. The third-order valence-corrected chi connectivity index (χ3v) is 2.83. The lowest BCUT2D eigenvalue weighted by Crippen LogP contribution is -2.36. The second-order valence-electron chi connectivity index (χ2n) is 4.04. The fraction of sp³-hybridized carbons (Fsp3) is 0.455. The van der Waals surface area contributed by atoms with E-state index in [1.165, 1.54) is 12.4 Å². The average molecular weight is 250 g/mol. The van der Waals surface area contributed by atoms with Crippen LogP contribution < -0.4 is 5.73 Å². The second-order valence-corrected chi connectivity index (χ2v) is 4.56. The normalized spacial score (nSPS) is 14.4. The molecule has 2 N–H and O–H groups in total. The Hall–Kier alpha value is -1.56. The molecule has 1 aromatic rings. The van der Waals surface area contributed by atoms with E-state index in [0.29, 0.717) is 29.7 Å². The summed E-state index contributed by atoms with van der Waals surface area (Å²) in [5.41, 5.74) is 5.84. The molecule has 1 amide bonds. The highest BCUT2D eigenvalue weighted by molar-refractivity contribution is 7.80. The number of carbonyl (C=O) groups excluding carboxylic acids is 1. The summed E-state index contributed by atoms with van der Waals surface area (Å²) in [4.78, 5) is 22.3. The van der Waals surface area contributed by atoms with Crippen LogP contribution in [-0.4, -0.2) is 38.4 Å². The molecule has 0 saturated heterocycles. The molecule has 1 aliphatic carbocycles. The summed E-state index contributed by atoms with van der Waals surface area (Å²) in [6, 6.07) is 0.318. The maximum Gasteiger partial charge on any atom is 0.274 e. The predicted molar refractivity (Wildman–Crippen MR) is 67.5 cm³/mol. The Morgan fingerprint density at radius 1 is 1.53 bits per heavy atom. The molecule has 0 radical (unpaired) electrons. The summed E-state index contributed by atoms with van der Waals surface area (Å²) in [7, 11) is 0. The molecule has 90 valence electrons. The van der Waals surface area contributed by atoms with Crippen molar-refractivity contribution in [3.63, 3.8) is 0 Å². The number of hydrogen-bond acceptors (Lipinski definition) is 4. The third-order valence-electron chi connectivity index (χ3n) is 2.63. The Kier molecular flexibility index (Phi) is 3.63. The van der Waals surface area contributed by atoms with E-state index in [-0.39, 0.29) is 5.91 Å². The molecule has 1 fully saturated rings. The summed E-state index contributed by atoms with van der Waals surface area (Å²) in [5, 5.41) is 0. The summed E-state index contributed by atoms with van der Waals surface area (Å²) in [5.74, 6) is -0.0862. The summed E-state index contributed by atoms with van der Waals surface area (Å²) in [6.45, 7) is 0.565. The van der Waals surface area contributed by atoms with Gasteiger partial charge in [0.15, 0.2) is 0 Å². The molecule has 0 unspecified atom stereocenters. The minimum atomic E-state index is -0.0862. The van der Waals surface area contributed by atoms with Crippen LogP contribution in [0.5, 0.6) is 0 Å². The van der Waals surface area contributed by atoms with Gasteiger partial charge in [0.1, 0.15) is 5.69 Å². The van der Waals surface area contributed by atoms with Crippen LogP contribution in [0, 0.1) is 0 Å². The first-order chi connectivity index (χ1) is 8.18. The number of rotatable bonds is 5. The number of carbonyl (C=O) groups is 1. The van der Waals surface area contributed by atoms with Gasteiger partial charge >= 0.3 is 0 Å². The average Bonchev–Trinajstić information content (AvgIpc) is 3.14. The van der Waals surface area contributed by atoms with Gasteiger partial charge < -0.3 is 10.6 Å². The van der Waals surface area contributed by atoms with Crippen LogP contribution in [0.2, 0.25) is 0 Å². The first-order valence-corrected chi connectivity index (χ1v) is 5.94. The summed E-state index contributed by atoms with van der Waals surface area (Å²) >= 11 is 4.84. The maximum absolute atomic E-state index is 12.2. The number of aromatic nitrogens is 2. The van der Waals surface area contributed by atoms with E-state index < -0.39 is 0 Å². The van der Waals surface area contributed by atoms with E-state index in [0.717, 1.165) is 12.8 Å². The van der Waals surface area contributed by atoms with Crippen LogP contribution in [-0.2, 0) is 0 Å². The first kappa shape index (κ1) is 11.9. The topological polar surface area (TPSA) is 72.1 Å². The second kappa shape index (κ2) is 5.18. The highest BCUT2D eigenvalue weighted by Gasteiger charge is 2.33. The number of amides is 1. The zero-order valence-electron chi connectivity index (χ0n) is 9.37. The molecule has 2 rings (SSSR count). The first-order valence-electron chi connectivity index (χ1n) is 5.54. The lowest BCUT2D eigenvalue weighted by Gasteiger charge is -2.21. The van der Waals surface area contributed by atoms with Crippen LogP contribution in [0.1, 0.15) is 29.8 Å². The van der Waals surface area contributed by atoms with Gasteiger partial charge in [0.05, 0.1) is 11.2 Å². The molecule has 1 aliphatic rings. The largest absolute Gasteiger partial charge is 0.393 e. The van der Waals surface area contributed by atoms with Crippen LogP contribution in [0.3, 0.4) is 0 Å². The smallest absolute Gasteiger partial charge is 0.274 e. The van der Waals surface area contributed by atoms with E-state index in [9.17, 15) is 4.79 Å². The van der Waals surface area contributed by atoms with Crippen molar-refractivity contribution in [1.82, 2.24) is 14.9 Å². The van der Waals surface area contributed by atoms with Crippen molar-refractivity contribution >= 4 is 23.1 Å². The lowest BCUT2D eigenvalue weighted by molar-refractivity contribution is 0.0741. The highest BCUT2D eigenvalue weighted by atomic mass is 32.1. The predicted octanol–water partition coefficient (Wildman–Crippen LogP) is 0.757. The van der Waals surface area contributed by atoms with Crippen molar-refractivity contribution in [2.75, 3.05) is 6.54 Å². The van der Waals surface area contributed by atoms with Gasteiger partial charge in [0, 0.05) is 31.4 Å². The van der Waals surface area contributed by atoms with Crippen LogP contribution in [0.25, 0.3) is 0 Å². The van der Waals surface area contributed by atoms with E-state index in [2.05, 4.69) is 9.97 Å². The van der Waals surface area contributed by atoms with Gasteiger partial charge in [-0.15, -0.1) is 0 Å². The van der Waals surface area contributed by atoms with Gasteiger partial charge in [-0.3, -0.25) is 9.78 Å². The summed E-state index contributed by atoms with van der Waals surface area (Å²) < 4.78 is 0. The number of thiocarbonyl (C=S) groups is 1. The third kappa shape index (κ3) is 3.20. The maximum atomic E-state index is 12.2. The summed E-state index contributed by atoms with van der Waals surface area (Å²) in [6.07, 6.45) is 7.20. The standard InChI is InChI=1S/C11H14N4OS/c12-10(17)3-6-15(8-1-2-8)11(16)9-7-13-4-5-14-9/h4-5,7-8H,1-3,6H2,(H2,12,17).